The second-order valence-corrected chi connectivity index (χ2v) is 8.84. The predicted octanol–water partition coefficient (Wildman–Crippen LogP) is 4.68. The van der Waals surface area contributed by atoms with Gasteiger partial charge in [-0.3, -0.25) is 0 Å². The average molecular weight is 440 g/mol. The van der Waals surface area contributed by atoms with Crippen LogP contribution in [-0.4, -0.2) is 41.9 Å². The van der Waals surface area contributed by atoms with E-state index < -0.39 is 5.82 Å². The van der Waals surface area contributed by atoms with E-state index >= 15 is 0 Å². The number of aromatic nitrogens is 2. The molecule has 32 heavy (non-hydrogen) atoms. The summed E-state index contributed by atoms with van der Waals surface area (Å²) in [6, 6.07) is 10.3. The molecule has 7 nitrogen and oxygen atoms in total. The third-order valence-electron chi connectivity index (χ3n) is 6.11. The SMILES string of the molecule is C[C@@H]1CN(c2ccc(Nc3ncc(F)c(OCC4CCC(C#N)CC4)n3)cc2)C[C@H](C)O1. The molecule has 0 unspecified atom stereocenters. The van der Waals surface area contributed by atoms with Crippen LogP contribution in [-0.2, 0) is 4.74 Å². The molecule has 2 atom stereocenters. The Hall–Kier alpha value is -2.92. The molecule has 1 N–H and O–H groups in total. The zero-order chi connectivity index (χ0) is 22.5. The van der Waals surface area contributed by atoms with Gasteiger partial charge in [-0.25, -0.2) is 4.98 Å². The Kier molecular flexibility index (Phi) is 7.05. The summed E-state index contributed by atoms with van der Waals surface area (Å²) in [4.78, 5) is 10.6. The maximum absolute atomic E-state index is 14.2. The van der Waals surface area contributed by atoms with Crippen molar-refractivity contribution in [1.29, 1.82) is 5.26 Å². The molecule has 2 aromatic rings. The Morgan fingerprint density at radius 1 is 1.16 bits per heavy atom. The average Bonchev–Trinajstić information content (AvgIpc) is 2.79. The summed E-state index contributed by atoms with van der Waals surface area (Å²) < 4.78 is 25.6. The van der Waals surface area contributed by atoms with E-state index in [-0.39, 0.29) is 30.0 Å². The van der Waals surface area contributed by atoms with E-state index in [9.17, 15) is 4.39 Å². The highest BCUT2D eigenvalue weighted by molar-refractivity contribution is 5.59. The van der Waals surface area contributed by atoms with Gasteiger partial charge in [-0.05, 0) is 69.7 Å². The van der Waals surface area contributed by atoms with Gasteiger partial charge in [-0.15, -0.1) is 0 Å². The zero-order valence-corrected chi connectivity index (χ0v) is 18.6. The lowest BCUT2D eigenvalue weighted by atomic mass is 9.83. The molecule has 1 aromatic carbocycles. The number of nitrogens with zero attached hydrogens (tertiary/aromatic N) is 4. The first-order valence-electron chi connectivity index (χ1n) is 11.3. The minimum atomic E-state index is -0.577. The van der Waals surface area contributed by atoms with Crippen molar-refractivity contribution in [3.05, 3.63) is 36.3 Å². The fourth-order valence-electron chi connectivity index (χ4n) is 4.44. The Balaban J connectivity index is 1.35. The number of nitrogens with one attached hydrogen (secondary N) is 1. The highest BCUT2D eigenvalue weighted by Crippen LogP contribution is 2.29. The first kappa shape index (κ1) is 22.3. The molecular weight excluding hydrogens is 409 g/mol. The van der Waals surface area contributed by atoms with Crippen LogP contribution in [0.5, 0.6) is 5.88 Å². The molecule has 0 bridgehead atoms. The lowest BCUT2D eigenvalue weighted by Gasteiger charge is -2.36. The lowest BCUT2D eigenvalue weighted by molar-refractivity contribution is -0.00521. The first-order valence-corrected chi connectivity index (χ1v) is 11.3. The number of anilines is 3. The molecule has 0 amide bonds. The fraction of sp³-hybridized carbons (Fsp3) is 0.542. The highest BCUT2D eigenvalue weighted by Gasteiger charge is 2.23. The number of rotatable bonds is 6. The highest BCUT2D eigenvalue weighted by atomic mass is 19.1. The number of benzene rings is 1. The number of hydrogen-bond acceptors (Lipinski definition) is 7. The molecule has 0 radical (unpaired) electrons. The molecule has 1 saturated heterocycles. The van der Waals surface area contributed by atoms with E-state index in [1.165, 1.54) is 0 Å². The van der Waals surface area contributed by atoms with E-state index in [2.05, 4.69) is 40.1 Å². The molecule has 1 aliphatic carbocycles. The van der Waals surface area contributed by atoms with Gasteiger partial charge in [0.1, 0.15) is 0 Å². The van der Waals surface area contributed by atoms with E-state index in [1.807, 2.05) is 24.3 Å². The molecule has 2 aliphatic rings. The normalized spacial score (nSPS) is 25.8. The van der Waals surface area contributed by atoms with Crippen molar-refractivity contribution in [2.75, 3.05) is 29.9 Å². The van der Waals surface area contributed by atoms with E-state index in [1.54, 1.807) is 0 Å². The number of ether oxygens (including phenoxy) is 2. The first-order chi connectivity index (χ1) is 15.5. The smallest absolute Gasteiger partial charge is 0.255 e. The van der Waals surface area contributed by atoms with Crippen LogP contribution < -0.4 is 15.0 Å². The maximum atomic E-state index is 14.2. The van der Waals surface area contributed by atoms with Crippen molar-refractivity contribution in [3.8, 4) is 11.9 Å². The van der Waals surface area contributed by atoms with Gasteiger partial charge in [0.25, 0.3) is 5.88 Å². The van der Waals surface area contributed by atoms with Crippen molar-refractivity contribution in [2.45, 2.75) is 51.7 Å². The van der Waals surface area contributed by atoms with Crippen LogP contribution in [0, 0.1) is 29.0 Å². The van der Waals surface area contributed by atoms with Crippen molar-refractivity contribution in [3.63, 3.8) is 0 Å². The van der Waals surface area contributed by atoms with Gasteiger partial charge in [0.2, 0.25) is 11.8 Å². The van der Waals surface area contributed by atoms with Crippen LogP contribution >= 0.6 is 0 Å². The molecule has 2 fully saturated rings. The largest absolute Gasteiger partial charge is 0.475 e. The molecule has 0 spiro atoms. The van der Waals surface area contributed by atoms with Gasteiger partial charge in [0, 0.05) is 30.4 Å². The van der Waals surface area contributed by atoms with Gasteiger partial charge in [0.15, 0.2) is 0 Å². The summed E-state index contributed by atoms with van der Waals surface area (Å²) >= 11 is 0. The monoisotopic (exact) mass is 439 g/mol. The Morgan fingerprint density at radius 3 is 2.50 bits per heavy atom. The summed E-state index contributed by atoms with van der Waals surface area (Å²) in [7, 11) is 0. The van der Waals surface area contributed by atoms with Crippen molar-refractivity contribution < 1.29 is 13.9 Å². The Labute approximate surface area is 188 Å². The molecule has 4 rings (SSSR count). The molecule has 170 valence electrons. The van der Waals surface area contributed by atoms with Crippen molar-refractivity contribution in [2.24, 2.45) is 11.8 Å². The van der Waals surface area contributed by atoms with Crippen LogP contribution in [0.25, 0.3) is 0 Å². The molecule has 8 heteroatoms. The predicted molar refractivity (Wildman–Crippen MR) is 120 cm³/mol. The van der Waals surface area contributed by atoms with Crippen molar-refractivity contribution in [1.82, 2.24) is 9.97 Å². The van der Waals surface area contributed by atoms with E-state index in [4.69, 9.17) is 14.7 Å². The van der Waals surface area contributed by atoms with Crippen LogP contribution in [0.2, 0.25) is 0 Å². The summed E-state index contributed by atoms with van der Waals surface area (Å²) in [5.41, 5.74) is 1.95. The van der Waals surface area contributed by atoms with Crippen molar-refractivity contribution >= 4 is 17.3 Å². The second kappa shape index (κ2) is 10.1. The van der Waals surface area contributed by atoms with Gasteiger partial charge in [-0.2, -0.15) is 14.6 Å². The third kappa shape index (κ3) is 5.65. The number of nitriles is 1. The lowest BCUT2D eigenvalue weighted by Crippen LogP contribution is -2.45. The van der Waals surface area contributed by atoms with Gasteiger partial charge in [-0.1, -0.05) is 0 Å². The van der Waals surface area contributed by atoms with Gasteiger partial charge in [0.05, 0.1) is 31.1 Å². The second-order valence-electron chi connectivity index (χ2n) is 8.84. The van der Waals surface area contributed by atoms with E-state index in [0.717, 1.165) is 56.3 Å². The summed E-state index contributed by atoms with van der Waals surface area (Å²) in [5.74, 6) is 0.128. The Morgan fingerprint density at radius 2 is 1.84 bits per heavy atom. The van der Waals surface area contributed by atoms with Crippen LogP contribution in [0.3, 0.4) is 0 Å². The minimum Gasteiger partial charge on any atom is -0.475 e. The van der Waals surface area contributed by atoms with Gasteiger partial charge < -0.3 is 19.7 Å². The third-order valence-corrected chi connectivity index (χ3v) is 6.11. The Bertz CT molecular complexity index is 930. The molecule has 1 saturated carbocycles. The van der Waals surface area contributed by atoms with Gasteiger partial charge >= 0.3 is 0 Å². The van der Waals surface area contributed by atoms with E-state index in [0.29, 0.717) is 12.5 Å². The quantitative estimate of drug-likeness (QED) is 0.699. The summed E-state index contributed by atoms with van der Waals surface area (Å²) in [6.07, 6.45) is 5.12. The van der Waals surface area contributed by atoms with Crippen LogP contribution in [0.1, 0.15) is 39.5 Å². The molecule has 2 heterocycles. The van der Waals surface area contributed by atoms with Crippen LogP contribution in [0.4, 0.5) is 21.7 Å². The maximum Gasteiger partial charge on any atom is 0.255 e. The number of morpholine rings is 1. The molecular formula is C24H30FN5O2. The molecule has 1 aromatic heterocycles. The summed E-state index contributed by atoms with van der Waals surface area (Å²) in [5, 5.41) is 12.1. The number of halogens is 1. The minimum absolute atomic E-state index is 0.0437. The molecule has 1 aliphatic heterocycles. The number of hydrogen-bond donors (Lipinski definition) is 1. The fourth-order valence-corrected chi connectivity index (χ4v) is 4.44. The summed E-state index contributed by atoms with van der Waals surface area (Å²) in [6.45, 7) is 6.29. The zero-order valence-electron chi connectivity index (χ0n) is 18.6. The standard InChI is InChI=1S/C24H30FN5O2/c1-16-13-30(14-17(2)32-16)21-9-7-20(8-10-21)28-24-27-12-22(25)23(29-24)31-15-19-5-3-18(11-26)4-6-19/h7-10,12,16-19H,3-6,13-15H2,1-2H3,(H,27,28,29)/t16-,17+,18?,19?. The topological polar surface area (TPSA) is 83.3 Å². The van der Waals surface area contributed by atoms with Crippen LogP contribution in [0.15, 0.2) is 30.5 Å².